The second kappa shape index (κ2) is 7.74. The Bertz CT molecular complexity index is 1430. The van der Waals surface area contributed by atoms with Gasteiger partial charge in [0.2, 0.25) is 0 Å². The molecule has 0 bridgehead atoms. The number of carboxylic acids is 1. The van der Waals surface area contributed by atoms with E-state index in [-0.39, 0.29) is 55.3 Å². The zero-order valence-corrected chi connectivity index (χ0v) is 16.7. The molecule has 0 spiro atoms. The zero-order valence-electron chi connectivity index (χ0n) is 15.2. The van der Waals surface area contributed by atoms with Crippen LogP contribution in [-0.2, 0) is 13.5 Å². The van der Waals surface area contributed by atoms with E-state index in [9.17, 15) is 30.9 Å². The first-order chi connectivity index (χ1) is 14.3. The lowest BCUT2D eigenvalue weighted by Crippen LogP contribution is -2.05. The number of carboxylic acid groups (broad SMARTS) is 1. The molecule has 144 valence electrons. The van der Waals surface area contributed by atoms with Crippen LogP contribution in [0.15, 0.2) is 12.1 Å². The van der Waals surface area contributed by atoms with Gasteiger partial charge in [-0.05, 0) is 17.7 Å². The van der Waals surface area contributed by atoms with Crippen molar-refractivity contribution in [3.63, 3.8) is 0 Å². The van der Waals surface area contributed by atoms with Gasteiger partial charge in [0.25, 0.3) is 0 Å². The number of halogens is 2. The van der Waals surface area contributed by atoms with Gasteiger partial charge in [0, 0.05) is 18.5 Å². The number of benzene rings is 2. The summed E-state index contributed by atoms with van der Waals surface area (Å²) in [6.45, 7) is 0. The van der Waals surface area contributed by atoms with Crippen LogP contribution in [0.3, 0.4) is 0 Å². The minimum Gasteiger partial charge on any atom is -0.478 e. The van der Waals surface area contributed by atoms with Crippen LogP contribution >= 0.6 is 23.2 Å². The Labute approximate surface area is 179 Å². The van der Waals surface area contributed by atoms with Crippen LogP contribution < -0.4 is 0 Å². The molecule has 0 unspecified atom stereocenters. The number of imidazole rings is 1. The number of nitrogens with zero attached hydrogens (tertiary/aromatic N) is 6. The lowest BCUT2D eigenvalue weighted by Gasteiger charge is -2.10. The molecule has 0 aliphatic heterocycles. The van der Waals surface area contributed by atoms with Crippen LogP contribution in [0.1, 0.15) is 44.0 Å². The van der Waals surface area contributed by atoms with E-state index in [0.29, 0.717) is 11.4 Å². The molecule has 0 saturated heterocycles. The van der Waals surface area contributed by atoms with Gasteiger partial charge in [-0.15, -0.1) is 0 Å². The van der Waals surface area contributed by atoms with E-state index in [2.05, 4.69) is 4.98 Å². The predicted molar refractivity (Wildman–Crippen MR) is 106 cm³/mol. The van der Waals surface area contributed by atoms with Crippen molar-refractivity contribution in [3.05, 3.63) is 61.4 Å². The highest BCUT2D eigenvalue weighted by Gasteiger charge is 2.25. The number of carbonyl (C=O) groups is 1. The molecule has 1 N–H and O–H groups in total. The lowest BCUT2D eigenvalue weighted by atomic mass is 9.96. The average Bonchev–Trinajstić information content (AvgIpc) is 3.04. The molecule has 2 aromatic carbocycles. The fraction of sp³-hybridized carbons (Fsp3) is 0.100. The molecular formula is C20H8Cl2N6O2. The normalized spacial score (nSPS) is 10.1. The van der Waals surface area contributed by atoms with Gasteiger partial charge in [-0.1, -0.05) is 23.2 Å². The molecule has 3 rings (SSSR count). The van der Waals surface area contributed by atoms with Crippen LogP contribution in [0.2, 0.25) is 10.0 Å². The Morgan fingerprint density at radius 1 is 1.03 bits per heavy atom. The fourth-order valence-electron chi connectivity index (χ4n) is 3.17. The first-order valence-corrected chi connectivity index (χ1v) is 8.92. The van der Waals surface area contributed by atoms with Gasteiger partial charge < -0.3 is 9.67 Å². The minimum absolute atomic E-state index is 0.0104. The van der Waals surface area contributed by atoms with Crippen molar-refractivity contribution in [1.82, 2.24) is 9.55 Å². The third-order valence-corrected chi connectivity index (χ3v) is 5.40. The van der Waals surface area contributed by atoms with Gasteiger partial charge in [0.05, 0.1) is 38.4 Å². The maximum atomic E-state index is 11.4. The van der Waals surface area contributed by atoms with Crippen LogP contribution in [0.5, 0.6) is 0 Å². The Hall–Kier alpha value is -4.08. The van der Waals surface area contributed by atoms with E-state index in [1.54, 1.807) is 13.1 Å². The maximum Gasteiger partial charge on any atom is 0.337 e. The van der Waals surface area contributed by atoms with E-state index in [4.69, 9.17) is 23.2 Å². The number of fused-ring (bicyclic) bond motifs is 1. The van der Waals surface area contributed by atoms with Gasteiger partial charge in [0.1, 0.15) is 35.6 Å². The molecule has 0 aliphatic rings. The number of hydrogen-bond donors (Lipinski definition) is 1. The summed E-state index contributed by atoms with van der Waals surface area (Å²) in [5.41, 5.74) is -0.175. The Morgan fingerprint density at radius 3 is 2.13 bits per heavy atom. The zero-order chi connectivity index (χ0) is 22.2. The molecule has 8 nitrogen and oxygen atoms in total. The summed E-state index contributed by atoms with van der Waals surface area (Å²) in [6.07, 6.45) is -0.0104. The molecule has 0 amide bonds. The lowest BCUT2D eigenvalue weighted by molar-refractivity contribution is 0.0697. The highest BCUT2D eigenvalue weighted by Crippen LogP contribution is 2.33. The van der Waals surface area contributed by atoms with Gasteiger partial charge >= 0.3 is 5.97 Å². The SMILES string of the molecule is Cn1c(Cc2c(Cl)ccc(C(=O)O)c2Cl)nc2c(C#N)c(C#N)c(C#N)c(C#N)c21. The van der Waals surface area contributed by atoms with Crippen molar-refractivity contribution in [2.24, 2.45) is 7.05 Å². The summed E-state index contributed by atoms with van der Waals surface area (Å²) < 4.78 is 1.50. The van der Waals surface area contributed by atoms with Crippen molar-refractivity contribution >= 4 is 40.2 Å². The molecule has 0 aliphatic carbocycles. The number of rotatable bonds is 3. The Kier molecular flexibility index (Phi) is 5.33. The van der Waals surface area contributed by atoms with E-state index in [1.807, 2.05) is 18.2 Å². The molecule has 10 heteroatoms. The summed E-state index contributed by atoms with van der Waals surface area (Å²) >= 11 is 12.4. The molecule has 0 radical (unpaired) electrons. The summed E-state index contributed by atoms with van der Waals surface area (Å²) in [5, 5.41) is 47.5. The fourth-order valence-corrected chi connectivity index (χ4v) is 3.76. The smallest absolute Gasteiger partial charge is 0.337 e. The van der Waals surface area contributed by atoms with Gasteiger partial charge in [-0.25, -0.2) is 9.78 Å². The third kappa shape index (κ3) is 2.98. The van der Waals surface area contributed by atoms with E-state index < -0.39 is 5.97 Å². The summed E-state index contributed by atoms with van der Waals surface area (Å²) in [4.78, 5) is 15.8. The first kappa shape index (κ1) is 20.6. The highest BCUT2D eigenvalue weighted by molar-refractivity contribution is 6.38. The minimum atomic E-state index is -1.22. The monoisotopic (exact) mass is 434 g/mol. The number of aromatic carboxylic acids is 1. The van der Waals surface area contributed by atoms with Crippen LogP contribution in [0, 0.1) is 45.3 Å². The number of aryl methyl sites for hydroxylation is 1. The molecule has 3 aromatic rings. The topological polar surface area (TPSA) is 150 Å². The second-order valence-corrected chi connectivity index (χ2v) is 6.89. The van der Waals surface area contributed by atoms with Crippen molar-refractivity contribution in [2.45, 2.75) is 6.42 Å². The summed E-state index contributed by atoms with van der Waals surface area (Å²) in [6, 6.07) is 10.1. The first-order valence-electron chi connectivity index (χ1n) is 8.16. The molecule has 0 fully saturated rings. The van der Waals surface area contributed by atoms with Gasteiger partial charge in [0.15, 0.2) is 0 Å². The number of hydrogen-bond acceptors (Lipinski definition) is 6. The summed E-state index contributed by atoms with van der Waals surface area (Å²) in [7, 11) is 1.57. The van der Waals surface area contributed by atoms with E-state index in [1.165, 1.54) is 16.7 Å². The molecule has 1 aromatic heterocycles. The number of nitriles is 4. The van der Waals surface area contributed by atoms with Crippen LogP contribution in [0.4, 0.5) is 0 Å². The third-order valence-electron chi connectivity index (χ3n) is 4.61. The molecule has 30 heavy (non-hydrogen) atoms. The molecule has 0 atom stereocenters. The Balaban J connectivity index is 2.37. The standard InChI is InChI=1S/C20H8Cl2N6O2/c1-28-16(4-10-15(21)3-2-9(17(10)22)20(29)30)27-18-13(7-25)11(5-23)12(6-24)14(8-26)19(18)28/h2-3H,4H2,1H3,(H,29,30). The van der Waals surface area contributed by atoms with Crippen LogP contribution in [-0.4, -0.2) is 20.6 Å². The second-order valence-electron chi connectivity index (χ2n) is 6.10. The van der Waals surface area contributed by atoms with Gasteiger partial charge in [-0.3, -0.25) is 0 Å². The van der Waals surface area contributed by atoms with Crippen LogP contribution in [0.25, 0.3) is 11.0 Å². The van der Waals surface area contributed by atoms with Gasteiger partial charge in [-0.2, -0.15) is 21.0 Å². The largest absolute Gasteiger partial charge is 0.478 e. The molecule has 0 saturated carbocycles. The molecular weight excluding hydrogens is 427 g/mol. The maximum absolute atomic E-state index is 11.4. The van der Waals surface area contributed by atoms with E-state index in [0.717, 1.165) is 0 Å². The summed E-state index contributed by atoms with van der Waals surface area (Å²) in [5.74, 6) is -0.915. The van der Waals surface area contributed by atoms with Crippen molar-refractivity contribution in [3.8, 4) is 24.3 Å². The van der Waals surface area contributed by atoms with Crippen molar-refractivity contribution < 1.29 is 9.90 Å². The van der Waals surface area contributed by atoms with E-state index >= 15 is 0 Å². The Morgan fingerprint density at radius 2 is 1.60 bits per heavy atom. The number of aromatic nitrogens is 2. The van der Waals surface area contributed by atoms with Crippen molar-refractivity contribution in [2.75, 3.05) is 0 Å². The highest BCUT2D eigenvalue weighted by atomic mass is 35.5. The average molecular weight is 435 g/mol. The predicted octanol–water partition coefficient (Wildman–Crippen LogP) is 3.66. The molecule has 1 heterocycles. The van der Waals surface area contributed by atoms with Crippen molar-refractivity contribution in [1.29, 1.82) is 21.0 Å². The quantitative estimate of drug-likeness (QED) is 0.659.